The van der Waals surface area contributed by atoms with Gasteiger partial charge in [-0.15, -0.1) is 0 Å². The van der Waals surface area contributed by atoms with Gasteiger partial charge in [0.05, 0.1) is 23.6 Å². The van der Waals surface area contributed by atoms with E-state index < -0.39 is 11.9 Å². The van der Waals surface area contributed by atoms with Crippen molar-refractivity contribution in [3.8, 4) is 0 Å². The van der Waals surface area contributed by atoms with Crippen LogP contribution in [-0.2, 0) is 14.3 Å². The molecule has 0 aliphatic carbocycles. The number of anilines is 1. The van der Waals surface area contributed by atoms with E-state index in [0.717, 1.165) is 19.4 Å². The molecule has 0 unspecified atom stereocenters. The summed E-state index contributed by atoms with van der Waals surface area (Å²) in [5.74, 6) is -1.16. The molecular formula is C17H22ClFN2O3. The lowest BCUT2D eigenvalue weighted by Crippen LogP contribution is -2.48. The predicted molar refractivity (Wildman–Crippen MR) is 90.4 cm³/mol. The highest BCUT2D eigenvalue weighted by Crippen LogP contribution is 2.22. The molecule has 0 radical (unpaired) electrons. The van der Waals surface area contributed by atoms with Gasteiger partial charge in [-0.3, -0.25) is 14.5 Å². The van der Waals surface area contributed by atoms with Gasteiger partial charge in [0, 0.05) is 12.2 Å². The van der Waals surface area contributed by atoms with Gasteiger partial charge in [0.1, 0.15) is 5.82 Å². The molecule has 1 N–H and O–H groups in total. The van der Waals surface area contributed by atoms with E-state index in [1.165, 1.54) is 18.2 Å². The fraction of sp³-hybridized carbons (Fsp3) is 0.529. The molecule has 1 heterocycles. The van der Waals surface area contributed by atoms with Crippen LogP contribution in [0.3, 0.4) is 0 Å². The van der Waals surface area contributed by atoms with E-state index in [9.17, 15) is 14.0 Å². The number of rotatable bonds is 5. The van der Waals surface area contributed by atoms with Crippen molar-refractivity contribution in [2.75, 3.05) is 25.0 Å². The number of likely N-dealkylation sites (tertiary alicyclic amines) is 1. The predicted octanol–water partition coefficient (Wildman–Crippen LogP) is 3.08. The van der Waals surface area contributed by atoms with E-state index in [1.807, 2.05) is 4.90 Å². The maximum atomic E-state index is 13.2. The number of piperidine rings is 1. The number of nitrogens with one attached hydrogen (secondary N) is 1. The zero-order chi connectivity index (χ0) is 17.7. The second kappa shape index (κ2) is 8.44. The molecule has 1 amide bonds. The summed E-state index contributed by atoms with van der Waals surface area (Å²) < 4.78 is 18.2. The molecule has 0 bridgehead atoms. The summed E-state index contributed by atoms with van der Waals surface area (Å²) in [5.41, 5.74) is 0.442. The number of carbonyl (C=O) groups excluding carboxylic acids is 2. The van der Waals surface area contributed by atoms with Gasteiger partial charge in [-0.05, 0) is 51.4 Å². The van der Waals surface area contributed by atoms with Crippen molar-refractivity contribution in [1.82, 2.24) is 4.90 Å². The molecule has 1 saturated heterocycles. The molecule has 5 nitrogen and oxygen atoms in total. The monoisotopic (exact) mass is 356 g/mol. The van der Waals surface area contributed by atoms with E-state index in [4.69, 9.17) is 16.3 Å². The first kappa shape index (κ1) is 18.7. The second-order valence-corrected chi connectivity index (χ2v) is 6.29. The molecule has 2 atom stereocenters. The summed E-state index contributed by atoms with van der Waals surface area (Å²) in [4.78, 5) is 26.3. The third-order valence-electron chi connectivity index (χ3n) is 4.19. The van der Waals surface area contributed by atoms with Gasteiger partial charge < -0.3 is 10.1 Å². The average Bonchev–Trinajstić information content (AvgIpc) is 2.57. The van der Waals surface area contributed by atoms with Crippen molar-refractivity contribution in [1.29, 1.82) is 0 Å². The second-order valence-electron chi connectivity index (χ2n) is 5.88. The van der Waals surface area contributed by atoms with E-state index in [-0.39, 0.29) is 22.8 Å². The number of amides is 1. The Bertz CT molecular complexity index is 611. The number of ether oxygens (including phenoxy) is 1. The number of nitrogens with zero attached hydrogens (tertiary/aromatic N) is 1. The van der Waals surface area contributed by atoms with Gasteiger partial charge in [-0.25, -0.2) is 4.39 Å². The Kier molecular flexibility index (Phi) is 6.57. The van der Waals surface area contributed by atoms with Gasteiger partial charge >= 0.3 is 5.97 Å². The van der Waals surface area contributed by atoms with Crippen LogP contribution in [-0.4, -0.2) is 42.5 Å². The molecule has 1 aliphatic rings. The first-order valence-electron chi connectivity index (χ1n) is 8.09. The van der Waals surface area contributed by atoms with Crippen LogP contribution >= 0.6 is 11.6 Å². The maximum absolute atomic E-state index is 13.2. The lowest BCUT2D eigenvalue weighted by Gasteiger charge is -2.35. The normalized spacial score (nSPS) is 19.6. The lowest BCUT2D eigenvalue weighted by molar-refractivity contribution is -0.150. The number of carbonyl (C=O) groups is 2. The largest absolute Gasteiger partial charge is 0.466 e. The van der Waals surface area contributed by atoms with Gasteiger partial charge in [0.2, 0.25) is 5.91 Å². The highest BCUT2D eigenvalue weighted by atomic mass is 35.5. The fourth-order valence-electron chi connectivity index (χ4n) is 2.80. The number of hydrogen-bond acceptors (Lipinski definition) is 4. The highest BCUT2D eigenvalue weighted by molar-refractivity contribution is 6.31. The van der Waals surface area contributed by atoms with E-state index >= 15 is 0 Å². The van der Waals surface area contributed by atoms with Crippen molar-refractivity contribution in [3.63, 3.8) is 0 Å². The van der Waals surface area contributed by atoms with E-state index in [1.54, 1.807) is 13.8 Å². The number of benzene rings is 1. The molecule has 132 valence electrons. The van der Waals surface area contributed by atoms with Crippen molar-refractivity contribution >= 4 is 29.2 Å². The molecule has 1 aliphatic heterocycles. The van der Waals surface area contributed by atoms with E-state index in [0.29, 0.717) is 18.8 Å². The highest BCUT2D eigenvalue weighted by Gasteiger charge is 2.31. The van der Waals surface area contributed by atoms with Gasteiger partial charge in [0.15, 0.2) is 0 Å². The molecule has 7 heteroatoms. The van der Waals surface area contributed by atoms with Crippen LogP contribution in [0.4, 0.5) is 10.1 Å². The molecule has 0 saturated carbocycles. The Morgan fingerprint density at radius 2 is 2.25 bits per heavy atom. The summed E-state index contributed by atoms with van der Waals surface area (Å²) in [7, 11) is 0. The summed E-state index contributed by atoms with van der Waals surface area (Å²) in [6, 6.07) is 3.63. The third kappa shape index (κ3) is 4.68. The molecule has 1 aromatic carbocycles. The zero-order valence-corrected chi connectivity index (χ0v) is 14.6. The van der Waals surface area contributed by atoms with Crippen molar-refractivity contribution in [2.24, 2.45) is 5.92 Å². The van der Waals surface area contributed by atoms with E-state index in [2.05, 4.69) is 5.32 Å². The first-order chi connectivity index (χ1) is 11.4. The Labute approximate surface area is 146 Å². The minimum absolute atomic E-state index is 0.0409. The molecule has 0 spiro atoms. The Morgan fingerprint density at radius 3 is 2.92 bits per heavy atom. The summed E-state index contributed by atoms with van der Waals surface area (Å²) in [6.45, 7) is 5.17. The first-order valence-corrected chi connectivity index (χ1v) is 8.46. The van der Waals surface area contributed by atoms with Crippen molar-refractivity contribution < 1.29 is 18.7 Å². The minimum Gasteiger partial charge on any atom is -0.466 e. The van der Waals surface area contributed by atoms with Crippen LogP contribution in [0.15, 0.2) is 18.2 Å². The Balaban J connectivity index is 1.96. The van der Waals surface area contributed by atoms with Crippen LogP contribution in [0.2, 0.25) is 5.02 Å². The van der Waals surface area contributed by atoms with Crippen molar-refractivity contribution in [2.45, 2.75) is 32.7 Å². The Morgan fingerprint density at radius 1 is 1.50 bits per heavy atom. The van der Waals surface area contributed by atoms with Crippen LogP contribution in [0.25, 0.3) is 0 Å². The van der Waals surface area contributed by atoms with Crippen LogP contribution in [0.1, 0.15) is 26.7 Å². The van der Waals surface area contributed by atoms with Crippen LogP contribution in [0, 0.1) is 11.7 Å². The van der Waals surface area contributed by atoms with Crippen LogP contribution in [0.5, 0.6) is 0 Å². The summed E-state index contributed by atoms with van der Waals surface area (Å²) in [6.07, 6.45) is 1.61. The topological polar surface area (TPSA) is 58.6 Å². The standard InChI is InChI=1S/C17H22ClFN2O3/c1-3-24-17(23)12-5-4-8-21(10-12)11(2)16(22)20-13-6-7-15(19)14(18)9-13/h6-7,9,11-12H,3-5,8,10H2,1-2H3,(H,20,22)/t11-,12+/m0/s1. The Hall–Kier alpha value is -1.66. The molecule has 24 heavy (non-hydrogen) atoms. The van der Waals surface area contributed by atoms with Crippen LogP contribution < -0.4 is 5.32 Å². The number of halogens is 2. The third-order valence-corrected chi connectivity index (χ3v) is 4.48. The fourth-order valence-corrected chi connectivity index (χ4v) is 2.98. The van der Waals surface area contributed by atoms with Gasteiger partial charge in [-0.2, -0.15) is 0 Å². The van der Waals surface area contributed by atoms with Gasteiger partial charge in [-0.1, -0.05) is 11.6 Å². The van der Waals surface area contributed by atoms with Gasteiger partial charge in [0.25, 0.3) is 0 Å². The summed E-state index contributed by atoms with van der Waals surface area (Å²) >= 11 is 5.72. The molecule has 1 aromatic rings. The zero-order valence-electron chi connectivity index (χ0n) is 13.9. The average molecular weight is 357 g/mol. The molecular weight excluding hydrogens is 335 g/mol. The number of hydrogen-bond donors (Lipinski definition) is 1. The number of esters is 1. The molecule has 0 aromatic heterocycles. The molecule has 2 rings (SSSR count). The molecule has 1 fully saturated rings. The SMILES string of the molecule is CCOC(=O)[C@@H]1CCCN([C@@H](C)C(=O)Nc2ccc(F)c(Cl)c2)C1. The minimum atomic E-state index is -0.531. The smallest absolute Gasteiger partial charge is 0.310 e. The lowest BCUT2D eigenvalue weighted by atomic mass is 9.97. The van der Waals surface area contributed by atoms with Crippen molar-refractivity contribution in [3.05, 3.63) is 29.0 Å². The quantitative estimate of drug-likeness (QED) is 0.824. The summed E-state index contributed by atoms with van der Waals surface area (Å²) in [5, 5.41) is 2.69. The maximum Gasteiger partial charge on any atom is 0.310 e.